The van der Waals surface area contributed by atoms with Crippen LogP contribution in [0.5, 0.6) is 5.75 Å². The number of hydrogen-bond acceptors (Lipinski definition) is 5. The standard InChI is InChI=1S/C18H28N2O2S/c1-4-5-8-16(21)15-10-14-7-6-9-20(23-12-13(2)3)18(14)17(11-15)22-19/h10-11,13H,4-9,12,19H2,1-3H3. The first-order chi connectivity index (χ1) is 11.1. The Morgan fingerprint density at radius 1 is 1.43 bits per heavy atom. The second-order valence-electron chi connectivity index (χ2n) is 6.52. The molecular weight excluding hydrogens is 308 g/mol. The minimum atomic E-state index is 0.180. The molecule has 4 nitrogen and oxygen atoms in total. The number of carbonyl (C=O) groups excluding carboxylic acids is 1. The normalized spacial score (nSPS) is 14.0. The van der Waals surface area contributed by atoms with Gasteiger partial charge in [-0.05, 0) is 54.8 Å². The quantitative estimate of drug-likeness (QED) is 0.434. The Labute approximate surface area is 143 Å². The molecule has 0 bridgehead atoms. The van der Waals surface area contributed by atoms with Gasteiger partial charge in [0, 0.05) is 24.3 Å². The van der Waals surface area contributed by atoms with Gasteiger partial charge in [-0.2, -0.15) is 5.90 Å². The Kier molecular flexibility index (Phi) is 6.78. The van der Waals surface area contributed by atoms with Crippen molar-refractivity contribution in [2.45, 2.75) is 52.9 Å². The van der Waals surface area contributed by atoms with Crippen molar-refractivity contribution in [1.29, 1.82) is 0 Å². The molecule has 0 unspecified atom stereocenters. The summed E-state index contributed by atoms with van der Waals surface area (Å²) < 4.78 is 2.28. The van der Waals surface area contributed by atoms with Crippen molar-refractivity contribution in [2.75, 3.05) is 16.6 Å². The molecule has 0 saturated heterocycles. The molecule has 1 aliphatic rings. The van der Waals surface area contributed by atoms with E-state index < -0.39 is 0 Å². The van der Waals surface area contributed by atoms with Gasteiger partial charge in [0.05, 0.1) is 5.69 Å². The Morgan fingerprint density at radius 2 is 2.22 bits per heavy atom. The summed E-state index contributed by atoms with van der Waals surface area (Å²) in [4.78, 5) is 17.5. The molecule has 2 rings (SSSR count). The number of ketones is 1. The van der Waals surface area contributed by atoms with Crippen LogP contribution in [0.2, 0.25) is 0 Å². The Hall–Kier alpha value is -1.20. The SMILES string of the molecule is CCCCC(=O)c1cc2c(c(ON)c1)N(SCC(C)C)CCC2. The fourth-order valence-electron chi connectivity index (χ4n) is 2.76. The van der Waals surface area contributed by atoms with Crippen molar-refractivity contribution in [2.24, 2.45) is 11.8 Å². The number of unbranched alkanes of at least 4 members (excludes halogenated alkanes) is 1. The lowest BCUT2D eigenvalue weighted by atomic mass is 9.96. The van der Waals surface area contributed by atoms with E-state index in [2.05, 4.69) is 25.1 Å². The van der Waals surface area contributed by atoms with Gasteiger partial charge in [-0.3, -0.25) is 4.79 Å². The summed E-state index contributed by atoms with van der Waals surface area (Å²) in [6, 6.07) is 3.85. The maximum absolute atomic E-state index is 12.3. The molecule has 2 N–H and O–H groups in total. The molecule has 128 valence electrons. The fourth-order valence-corrected chi connectivity index (χ4v) is 3.84. The van der Waals surface area contributed by atoms with Crippen molar-refractivity contribution in [1.82, 2.24) is 0 Å². The molecular formula is C18H28N2O2S. The molecule has 1 heterocycles. The van der Waals surface area contributed by atoms with Gasteiger partial charge in [0.1, 0.15) is 0 Å². The highest BCUT2D eigenvalue weighted by atomic mass is 32.2. The minimum Gasteiger partial charge on any atom is -0.409 e. The first kappa shape index (κ1) is 18.1. The number of benzene rings is 1. The lowest BCUT2D eigenvalue weighted by Crippen LogP contribution is -2.25. The molecule has 0 saturated carbocycles. The van der Waals surface area contributed by atoms with Crippen LogP contribution in [0.4, 0.5) is 5.69 Å². The van der Waals surface area contributed by atoms with Crippen molar-refractivity contribution < 1.29 is 9.63 Å². The van der Waals surface area contributed by atoms with Gasteiger partial charge < -0.3 is 9.14 Å². The van der Waals surface area contributed by atoms with E-state index in [4.69, 9.17) is 10.7 Å². The monoisotopic (exact) mass is 336 g/mol. The van der Waals surface area contributed by atoms with Crippen LogP contribution in [-0.2, 0) is 6.42 Å². The van der Waals surface area contributed by atoms with Gasteiger partial charge in [-0.15, -0.1) is 0 Å². The minimum absolute atomic E-state index is 0.180. The average molecular weight is 337 g/mol. The van der Waals surface area contributed by atoms with Gasteiger partial charge in [0.2, 0.25) is 0 Å². The van der Waals surface area contributed by atoms with Crippen LogP contribution in [0.25, 0.3) is 0 Å². The van der Waals surface area contributed by atoms with E-state index >= 15 is 0 Å². The summed E-state index contributed by atoms with van der Waals surface area (Å²) in [6.07, 6.45) is 4.60. The number of nitrogens with zero attached hydrogens (tertiary/aromatic N) is 1. The number of carbonyl (C=O) groups is 1. The van der Waals surface area contributed by atoms with Crippen molar-refractivity contribution in [3.63, 3.8) is 0 Å². The highest BCUT2D eigenvalue weighted by molar-refractivity contribution is 8.00. The Balaban J connectivity index is 2.28. The number of Topliss-reactive ketones (excluding diaryl/α,β-unsaturated/α-hetero) is 1. The third-order valence-corrected chi connectivity index (χ3v) is 5.47. The zero-order valence-corrected chi connectivity index (χ0v) is 15.2. The van der Waals surface area contributed by atoms with Gasteiger partial charge in [0.25, 0.3) is 0 Å². The van der Waals surface area contributed by atoms with Gasteiger partial charge in [-0.1, -0.05) is 27.2 Å². The number of hydrogen-bond donors (Lipinski definition) is 1. The number of nitrogens with two attached hydrogens (primary N) is 1. The molecule has 0 aromatic heterocycles. The number of anilines is 1. The second-order valence-corrected chi connectivity index (χ2v) is 7.55. The van der Waals surface area contributed by atoms with Crippen molar-refractivity contribution >= 4 is 23.4 Å². The largest absolute Gasteiger partial charge is 0.409 e. The molecule has 0 radical (unpaired) electrons. The molecule has 5 heteroatoms. The maximum Gasteiger partial charge on any atom is 0.171 e. The first-order valence-electron chi connectivity index (χ1n) is 8.54. The van der Waals surface area contributed by atoms with Gasteiger partial charge in [0.15, 0.2) is 11.5 Å². The topological polar surface area (TPSA) is 55.6 Å². The molecule has 1 aromatic carbocycles. The zero-order chi connectivity index (χ0) is 16.8. The predicted molar refractivity (Wildman–Crippen MR) is 98.1 cm³/mol. The Morgan fingerprint density at radius 3 is 2.87 bits per heavy atom. The molecule has 0 fully saturated rings. The number of fused-ring (bicyclic) bond motifs is 1. The van der Waals surface area contributed by atoms with Gasteiger partial charge >= 0.3 is 0 Å². The summed E-state index contributed by atoms with van der Waals surface area (Å²) >= 11 is 1.82. The van der Waals surface area contributed by atoms with E-state index in [1.54, 1.807) is 0 Å². The first-order valence-corrected chi connectivity index (χ1v) is 9.48. The smallest absolute Gasteiger partial charge is 0.171 e. The van der Waals surface area contributed by atoms with E-state index in [9.17, 15) is 4.79 Å². The van der Waals surface area contributed by atoms with E-state index in [0.29, 0.717) is 18.1 Å². The lowest BCUT2D eigenvalue weighted by molar-refractivity contribution is 0.0979. The van der Waals surface area contributed by atoms with Crippen LogP contribution >= 0.6 is 11.9 Å². The number of rotatable bonds is 8. The van der Waals surface area contributed by atoms with Crippen molar-refractivity contribution in [3.05, 3.63) is 23.3 Å². The van der Waals surface area contributed by atoms with E-state index in [1.807, 2.05) is 24.1 Å². The average Bonchev–Trinajstić information content (AvgIpc) is 2.56. The molecule has 1 aromatic rings. The Bertz CT molecular complexity index is 529. The van der Waals surface area contributed by atoms with Crippen LogP contribution in [0.15, 0.2) is 12.1 Å². The summed E-state index contributed by atoms with van der Waals surface area (Å²) in [6.45, 7) is 7.52. The third-order valence-electron chi connectivity index (χ3n) is 3.98. The predicted octanol–water partition coefficient (Wildman–Crippen LogP) is 4.37. The molecule has 1 aliphatic heterocycles. The van der Waals surface area contributed by atoms with Crippen LogP contribution in [-0.4, -0.2) is 18.1 Å². The molecule has 0 spiro atoms. The third kappa shape index (κ3) is 4.64. The van der Waals surface area contributed by atoms with E-state index in [0.717, 1.165) is 49.2 Å². The summed E-state index contributed by atoms with van der Waals surface area (Å²) in [7, 11) is 0. The molecule has 23 heavy (non-hydrogen) atoms. The van der Waals surface area contributed by atoms with Crippen molar-refractivity contribution in [3.8, 4) is 5.75 Å². The summed E-state index contributed by atoms with van der Waals surface area (Å²) in [5.41, 5.74) is 2.96. The zero-order valence-electron chi connectivity index (χ0n) is 14.4. The maximum atomic E-state index is 12.3. The van der Waals surface area contributed by atoms with Crippen LogP contribution < -0.4 is 15.0 Å². The van der Waals surface area contributed by atoms with Gasteiger partial charge in [-0.25, -0.2) is 0 Å². The van der Waals surface area contributed by atoms with Crippen LogP contribution in [0.1, 0.15) is 62.4 Å². The second kappa shape index (κ2) is 8.60. The highest BCUT2D eigenvalue weighted by Crippen LogP contribution is 2.41. The summed E-state index contributed by atoms with van der Waals surface area (Å²) in [5, 5.41) is 0. The van der Waals surface area contributed by atoms with Crippen LogP contribution in [0.3, 0.4) is 0 Å². The molecule has 0 aliphatic carbocycles. The number of aryl methyl sites for hydroxylation is 1. The fraction of sp³-hybridized carbons (Fsp3) is 0.611. The van der Waals surface area contributed by atoms with Crippen LogP contribution in [0, 0.1) is 5.92 Å². The highest BCUT2D eigenvalue weighted by Gasteiger charge is 2.24. The van der Waals surface area contributed by atoms with E-state index in [-0.39, 0.29) is 5.78 Å². The lowest BCUT2D eigenvalue weighted by Gasteiger charge is -2.32. The summed E-state index contributed by atoms with van der Waals surface area (Å²) in [5.74, 6) is 8.00. The molecule has 0 atom stereocenters. The van der Waals surface area contributed by atoms with E-state index in [1.165, 1.54) is 5.56 Å². The molecule has 0 amide bonds.